The molecule has 0 aliphatic carbocycles. The maximum atomic E-state index is 12.6. The third-order valence-corrected chi connectivity index (χ3v) is 11.7. The average Bonchev–Trinajstić information content (AvgIpc) is 2.57. The minimum absolute atomic E-state index is 0.220. The second kappa shape index (κ2) is 8.27. The van der Waals surface area contributed by atoms with Crippen molar-refractivity contribution < 1.29 is 9.53 Å². The first-order chi connectivity index (χ1) is 12.5. The Morgan fingerprint density at radius 1 is 1.07 bits per heavy atom. The summed E-state index contributed by atoms with van der Waals surface area (Å²) in [5.41, 5.74) is 0.206. The normalized spacial score (nSPS) is 12.5. The average molecular weight is 448 g/mol. The van der Waals surface area contributed by atoms with Crippen molar-refractivity contribution in [2.75, 3.05) is 0 Å². The number of nitrogens with zero attached hydrogens (tertiary/aromatic N) is 1. The van der Waals surface area contributed by atoms with E-state index in [9.17, 15) is 4.79 Å². The fraction of sp³-hybridized carbons (Fsp3) is 0.455. The van der Waals surface area contributed by atoms with Crippen molar-refractivity contribution in [2.45, 2.75) is 59.5 Å². The highest BCUT2D eigenvalue weighted by Crippen LogP contribution is 2.35. The summed E-state index contributed by atoms with van der Waals surface area (Å²) in [5.74, 6) is 0.445. The number of ether oxygens (including phenoxy) is 1. The lowest BCUT2D eigenvalue weighted by molar-refractivity contribution is -0.142. The summed E-state index contributed by atoms with van der Waals surface area (Å²) in [6.07, 6.45) is 1.86. The fourth-order valence-corrected chi connectivity index (χ4v) is 10.00. The van der Waals surface area contributed by atoms with Crippen LogP contribution in [0.4, 0.5) is 0 Å². The van der Waals surface area contributed by atoms with E-state index in [0.29, 0.717) is 16.8 Å². The van der Waals surface area contributed by atoms with Gasteiger partial charge in [0.1, 0.15) is 5.75 Å². The third kappa shape index (κ3) is 4.35. The zero-order chi connectivity index (χ0) is 20.4. The van der Waals surface area contributed by atoms with Gasteiger partial charge in [0.2, 0.25) is 0 Å². The lowest BCUT2D eigenvalue weighted by Crippen LogP contribution is -2.64. The molecule has 1 heterocycles. The van der Waals surface area contributed by atoms with Gasteiger partial charge in [-0.25, -0.2) is 0 Å². The quantitative estimate of drug-likeness (QED) is 0.360. The molecule has 0 unspecified atom stereocenters. The maximum absolute atomic E-state index is 12.6. The van der Waals surface area contributed by atoms with Crippen LogP contribution >= 0.6 is 15.9 Å². The van der Waals surface area contributed by atoms with Gasteiger partial charge < -0.3 is 4.74 Å². The zero-order valence-corrected chi connectivity index (χ0v) is 19.9. The van der Waals surface area contributed by atoms with Gasteiger partial charge in [-0.05, 0) is 67.4 Å². The van der Waals surface area contributed by atoms with E-state index in [0.717, 1.165) is 15.0 Å². The van der Waals surface area contributed by atoms with Gasteiger partial charge in [-0.2, -0.15) is 0 Å². The first-order valence-corrected chi connectivity index (χ1v) is 12.4. The predicted molar refractivity (Wildman–Crippen MR) is 119 cm³/mol. The van der Waals surface area contributed by atoms with Gasteiger partial charge >= 0.3 is 5.97 Å². The van der Waals surface area contributed by atoms with Crippen molar-refractivity contribution in [1.82, 2.24) is 4.98 Å². The highest BCUT2D eigenvalue weighted by Gasteiger charge is 2.47. The van der Waals surface area contributed by atoms with Gasteiger partial charge in [-0.3, -0.25) is 9.78 Å². The smallest absolute Gasteiger partial charge is 0.316 e. The minimum Gasteiger partial charge on any atom is -0.426 e. The molecule has 27 heavy (non-hydrogen) atoms. The van der Waals surface area contributed by atoms with E-state index in [2.05, 4.69) is 55.8 Å². The van der Waals surface area contributed by atoms with E-state index in [1.54, 1.807) is 0 Å². The van der Waals surface area contributed by atoms with Crippen molar-refractivity contribution in [2.24, 2.45) is 5.41 Å². The van der Waals surface area contributed by atoms with E-state index in [1.165, 1.54) is 0 Å². The number of esters is 1. The Balaban J connectivity index is 2.77. The van der Waals surface area contributed by atoms with Crippen LogP contribution in [-0.2, 0) is 4.79 Å². The monoisotopic (exact) mass is 447 g/mol. The van der Waals surface area contributed by atoms with E-state index < -0.39 is 13.5 Å². The second-order valence-corrected chi connectivity index (χ2v) is 14.7. The van der Waals surface area contributed by atoms with Crippen molar-refractivity contribution >= 4 is 40.5 Å². The maximum Gasteiger partial charge on any atom is 0.316 e. The molecule has 5 heteroatoms. The predicted octanol–water partition coefficient (Wildman–Crippen LogP) is 5.18. The Hall–Kier alpha value is -1.46. The molecule has 0 saturated carbocycles. The number of halogens is 1. The molecule has 0 N–H and O–H groups in total. The van der Waals surface area contributed by atoms with Crippen LogP contribution in [-0.4, -0.2) is 19.0 Å². The van der Waals surface area contributed by atoms with E-state index in [4.69, 9.17) is 9.72 Å². The molecule has 0 atom stereocenters. The molecule has 0 spiro atoms. The number of rotatable bonds is 5. The molecule has 0 fully saturated rings. The van der Waals surface area contributed by atoms with Crippen LogP contribution in [0.1, 0.15) is 48.5 Å². The molecule has 1 aromatic carbocycles. The number of benzene rings is 1. The van der Waals surface area contributed by atoms with Gasteiger partial charge in [0.15, 0.2) is 8.07 Å². The molecule has 0 radical (unpaired) electrons. The SMILES string of the molecule is CC(C)[Si](c1ccccn1)(c1cc(Br)ccc1OC(=O)C(C)(C)C)C(C)C. The van der Waals surface area contributed by atoms with Crippen LogP contribution in [0.15, 0.2) is 47.1 Å². The standard InChI is InChI=1S/C22H30BrNO2Si/c1-15(2)27(16(3)4,20-10-8-9-13-24-20)19-14-17(23)11-12-18(19)26-21(25)22(5,6)7/h8-16H,1-7H3. The fourth-order valence-electron chi connectivity index (χ4n) is 3.79. The molecule has 0 bridgehead atoms. The Labute approximate surface area is 172 Å². The Morgan fingerprint density at radius 2 is 1.70 bits per heavy atom. The molecule has 1 aromatic heterocycles. The molecular weight excluding hydrogens is 418 g/mol. The molecule has 0 aliphatic heterocycles. The number of pyridine rings is 1. The van der Waals surface area contributed by atoms with Gasteiger partial charge in [0.05, 0.1) is 5.41 Å². The van der Waals surface area contributed by atoms with Crippen molar-refractivity contribution in [3.05, 3.63) is 47.1 Å². The summed E-state index contributed by atoms with van der Waals surface area (Å²) < 4.78 is 6.93. The number of hydrogen-bond acceptors (Lipinski definition) is 3. The molecular formula is C22H30BrNO2Si. The largest absolute Gasteiger partial charge is 0.426 e. The molecule has 3 nitrogen and oxygen atoms in total. The number of hydrogen-bond donors (Lipinski definition) is 0. The van der Waals surface area contributed by atoms with Gasteiger partial charge in [-0.1, -0.05) is 49.7 Å². The lowest BCUT2D eigenvalue weighted by Gasteiger charge is -2.40. The van der Waals surface area contributed by atoms with Crippen LogP contribution < -0.4 is 15.2 Å². The number of aromatic nitrogens is 1. The van der Waals surface area contributed by atoms with E-state index in [1.807, 2.05) is 51.2 Å². The first kappa shape index (κ1) is 21.8. The summed E-state index contributed by atoms with van der Waals surface area (Å²) in [6.45, 7) is 14.7. The third-order valence-electron chi connectivity index (χ3n) is 5.11. The topological polar surface area (TPSA) is 39.2 Å². The van der Waals surface area contributed by atoms with Gasteiger partial charge in [-0.15, -0.1) is 0 Å². The second-order valence-electron chi connectivity index (χ2n) is 8.67. The van der Waals surface area contributed by atoms with Crippen LogP contribution in [0.25, 0.3) is 0 Å². The van der Waals surface area contributed by atoms with Crippen molar-refractivity contribution in [1.29, 1.82) is 0 Å². The molecule has 0 amide bonds. The summed E-state index contributed by atoms with van der Waals surface area (Å²) >= 11 is 3.63. The van der Waals surface area contributed by atoms with Crippen LogP contribution in [0.2, 0.25) is 11.1 Å². The highest BCUT2D eigenvalue weighted by atomic mass is 79.9. The zero-order valence-electron chi connectivity index (χ0n) is 17.3. The molecule has 0 saturated heterocycles. The molecule has 2 aromatic rings. The summed E-state index contributed by atoms with van der Waals surface area (Å²) in [7, 11) is -2.32. The minimum atomic E-state index is -2.32. The molecule has 0 aliphatic rings. The highest BCUT2D eigenvalue weighted by molar-refractivity contribution is 9.10. The van der Waals surface area contributed by atoms with Crippen LogP contribution in [0.5, 0.6) is 5.75 Å². The van der Waals surface area contributed by atoms with Crippen LogP contribution in [0, 0.1) is 5.41 Å². The Bertz CT molecular complexity index is 790. The van der Waals surface area contributed by atoms with Gasteiger partial charge in [0.25, 0.3) is 0 Å². The van der Waals surface area contributed by atoms with Crippen molar-refractivity contribution in [3.8, 4) is 5.75 Å². The van der Waals surface area contributed by atoms with Crippen LogP contribution in [0.3, 0.4) is 0 Å². The Morgan fingerprint density at radius 3 is 2.19 bits per heavy atom. The lowest BCUT2D eigenvalue weighted by atomic mass is 9.97. The van der Waals surface area contributed by atoms with E-state index in [-0.39, 0.29) is 5.97 Å². The molecule has 2 rings (SSSR count). The van der Waals surface area contributed by atoms with Crippen molar-refractivity contribution in [3.63, 3.8) is 0 Å². The summed E-state index contributed by atoms with van der Waals surface area (Å²) in [6, 6.07) is 12.1. The van der Waals surface area contributed by atoms with Gasteiger partial charge in [0, 0.05) is 16.0 Å². The first-order valence-electron chi connectivity index (χ1n) is 9.45. The summed E-state index contributed by atoms with van der Waals surface area (Å²) in [4.78, 5) is 17.4. The van der Waals surface area contributed by atoms with E-state index >= 15 is 0 Å². The molecule has 146 valence electrons. The Kier molecular flexibility index (Phi) is 6.69. The number of carbonyl (C=O) groups excluding carboxylic acids is 1. The summed E-state index contributed by atoms with van der Waals surface area (Å²) in [5, 5.41) is 2.25. The number of carbonyl (C=O) groups is 1.